The molecule has 0 saturated heterocycles. The Kier molecular flexibility index (Phi) is 5.76. The second kappa shape index (κ2) is 8.49. The lowest BCUT2D eigenvalue weighted by atomic mass is 9.81. The minimum absolute atomic E-state index is 0.294. The van der Waals surface area contributed by atoms with Gasteiger partial charge in [-0.25, -0.2) is 14.5 Å². The van der Waals surface area contributed by atoms with Gasteiger partial charge in [0.25, 0.3) is 5.91 Å². The van der Waals surface area contributed by atoms with Crippen molar-refractivity contribution in [3.8, 4) is 0 Å². The number of aromatic nitrogens is 3. The lowest BCUT2D eigenvalue weighted by Gasteiger charge is -2.35. The summed E-state index contributed by atoms with van der Waals surface area (Å²) in [4.78, 5) is 30.5. The maximum atomic E-state index is 13.3. The van der Waals surface area contributed by atoms with Gasteiger partial charge in [0.1, 0.15) is 5.54 Å². The Labute approximate surface area is 181 Å². The zero-order chi connectivity index (χ0) is 22.0. The zero-order valence-electron chi connectivity index (χ0n) is 18.3. The van der Waals surface area contributed by atoms with Crippen LogP contribution < -0.4 is 5.32 Å². The van der Waals surface area contributed by atoms with Crippen LogP contribution in [-0.4, -0.2) is 39.3 Å². The third-order valence-electron chi connectivity index (χ3n) is 6.07. The molecule has 7 nitrogen and oxygen atoms in total. The highest BCUT2D eigenvalue weighted by molar-refractivity contribution is 6.07. The SMILES string of the molecule is COC(=O)C1(NC(=O)c2cc(C)nc3c2cnn3Cc2ccc(C)cc2)CCCCC1. The van der Waals surface area contributed by atoms with Crippen molar-refractivity contribution in [3.63, 3.8) is 0 Å². The molecule has 7 heteroatoms. The van der Waals surface area contributed by atoms with Crippen molar-refractivity contribution in [2.75, 3.05) is 7.11 Å². The molecule has 0 radical (unpaired) electrons. The lowest BCUT2D eigenvalue weighted by molar-refractivity contribution is -0.149. The summed E-state index contributed by atoms with van der Waals surface area (Å²) in [6.07, 6.45) is 5.68. The van der Waals surface area contributed by atoms with E-state index in [9.17, 15) is 9.59 Å². The van der Waals surface area contributed by atoms with Gasteiger partial charge in [0.05, 0.1) is 30.8 Å². The van der Waals surface area contributed by atoms with Crippen molar-refractivity contribution in [3.05, 3.63) is 58.9 Å². The van der Waals surface area contributed by atoms with E-state index >= 15 is 0 Å². The number of fused-ring (bicyclic) bond motifs is 1. The first-order chi connectivity index (χ1) is 14.9. The van der Waals surface area contributed by atoms with Crippen LogP contribution in [0.5, 0.6) is 0 Å². The molecule has 1 fully saturated rings. The molecule has 1 aliphatic carbocycles. The summed E-state index contributed by atoms with van der Waals surface area (Å²) in [6, 6.07) is 10.0. The van der Waals surface area contributed by atoms with Gasteiger partial charge in [0.15, 0.2) is 5.65 Å². The molecule has 1 aliphatic rings. The van der Waals surface area contributed by atoms with E-state index in [1.807, 2.05) is 6.92 Å². The number of amides is 1. The fourth-order valence-electron chi connectivity index (χ4n) is 4.36. The van der Waals surface area contributed by atoms with Gasteiger partial charge in [-0.15, -0.1) is 0 Å². The van der Waals surface area contributed by atoms with Crippen LogP contribution in [0.3, 0.4) is 0 Å². The fourth-order valence-corrected chi connectivity index (χ4v) is 4.36. The van der Waals surface area contributed by atoms with E-state index in [1.54, 1.807) is 16.9 Å². The van der Waals surface area contributed by atoms with E-state index in [-0.39, 0.29) is 11.9 Å². The number of pyridine rings is 1. The Morgan fingerprint density at radius 3 is 2.52 bits per heavy atom. The Hall–Kier alpha value is -3.22. The molecule has 0 unspecified atom stereocenters. The summed E-state index contributed by atoms with van der Waals surface area (Å²) in [5.74, 6) is -0.671. The Balaban J connectivity index is 1.67. The third-order valence-corrected chi connectivity index (χ3v) is 6.07. The van der Waals surface area contributed by atoms with Crippen LogP contribution in [0.15, 0.2) is 36.5 Å². The number of carbonyl (C=O) groups is 2. The summed E-state index contributed by atoms with van der Waals surface area (Å²) < 4.78 is 6.84. The molecule has 2 aromatic heterocycles. The number of ether oxygens (including phenoxy) is 1. The van der Waals surface area contributed by atoms with E-state index in [0.29, 0.717) is 36.0 Å². The van der Waals surface area contributed by atoms with E-state index in [1.165, 1.54) is 12.7 Å². The Morgan fingerprint density at radius 1 is 1.13 bits per heavy atom. The van der Waals surface area contributed by atoms with Gasteiger partial charge in [-0.1, -0.05) is 49.1 Å². The van der Waals surface area contributed by atoms with Crippen LogP contribution in [0.1, 0.15) is 59.3 Å². The molecule has 162 valence electrons. The Morgan fingerprint density at radius 2 is 1.84 bits per heavy atom. The molecule has 1 amide bonds. The lowest BCUT2D eigenvalue weighted by Crippen LogP contribution is -2.56. The monoisotopic (exact) mass is 420 g/mol. The molecule has 0 aliphatic heterocycles. The second-order valence-corrected chi connectivity index (χ2v) is 8.42. The molecule has 0 spiro atoms. The van der Waals surface area contributed by atoms with Gasteiger partial charge in [-0.3, -0.25) is 4.79 Å². The molecular weight excluding hydrogens is 392 g/mol. The van der Waals surface area contributed by atoms with E-state index in [2.05, 4.69) is 46.6 Å². The number of nitrogens with zero attached hydrogens (tertiary/aromatic N) is 3. The molecule has 1 N–H and O–H groups in total. The van der Waals surface area contributed by atoms with Gasteiger partial charge in [-0.2, -0.15) is 5.10 Å². The highest BCUT2D eigenvalue weighted by atomic mass is 16.5. The van der Waals surface area contributed by atoms with Crippen LogP contribution in [0, 0.1) is 13.8 Å². The highest BCUT2D eigenvalue weighted by Gasteiger charge is 2.42. The fraction of sp³-hybridized carbons (Fsp3) is 0.417. The van der Waals surface area contributed by atoms with Crippen LogP contribution >= 0.6 is 0 Å². The summed E-state index contributed by atoms with van der Waals surface area (Å²) in [6.45, 7) is 4.47. The number of benzene rings is 1. The summed E-state index contributed by atoms with van der Waals surface area (Å²) in [5, 5.41) is 8.17. The number of carbonyl (C=O) groups excluding carboxylic acids is 2. The first-order valence-electron chi connectivity index (χ1n) is 10.7. The van der Waals surface area contributed by atoms with Crippen molar-refractivity contribution in [1.29, 1.82) is 0 Å². The van der Waals surface area contributed by atoms with Gasteiger partial charge in [0.2, 0.25) is 0 Å². The minimum atomic E-state index is -0.967. The summed E-state index contributed by atoms with van der Waals surface area (Å²) >= 11 is 0. The maximum Gasteiger partial charge on any atom is 0.331 e. The average Bonchev–Trinajstić information content (AvgIpc) is 3.17. The van der Waals surface area contributed by atoms with Gasteiger partial charge in [-0.05, 0) is 38.3 Å². The van der Waals surface area contributed by atoms with Crippen molar-refractivity contribution in [2.24, 2.45) is 0 Å². The number of aryl methyl sites for hydroxylation is 2. The first-order valence-corrected chi connectivity index (χ1v) is 10.7. The molecular formula is C24H28N4O3. The quantitative estimate of drug-likeness (QED) is 0.636. The summed E-state index contributed by atoms with van der Waals surface area (Å²) in [5.41, 5.74) is 3.19. The minimum Gasteiger partial charge on any atom is -0.467 e. The molecule has 4 rings (SSSR count). The van der Waals surface area contributed by atoms with E-state index < -0.39 is 5.54 Å². The Bertz CT molecular complexity index is 1110. The molecule has 1 aromatic carbocycles. The predicted octanol–water partition coefficient (Wildman–Crippen LogP) is 3.70. The maximum absolute atomic E-state index is 13.3. The largest absolute Gasteiger partial charge is 0.467 e. The molecule has 1 saturated carbocycles. The molecule has 31 heavy (non-hydrogen) atoms. The van der Waals surface area contributed by atoms with Crippen LogP contribution in [0.25, 0.3) is 11.0 Å². The number of esters is 1. The molecule has 0 atom stereocenters. The number of rotatable bonds is 5. The van der Waals surface area contributed by atoms with Gasteiger partial charge >= 0.3 is 5.97 Å². The molecule has 3 aromatic rings. The van der Waals surface area contributed by atoms with E-state index in [4.69, 9.17) is 4.74 Å². The highest BCUT2D eigenvalue weighted by Crippen LogP contribution is 2.30. The third kappa shape index (κ3) is 4.17. The molecule has 0 bridgehead atoms. The van der Waals surface area contributed by atoms with Gasteiger partial charge in [0, 0.05) is 5.69 Å². The average molecular weight is 421 g/mol. The number of hydrogen-bond acceptors (Lipinski definition) is 5. The van der Waals surface area contributed by atoms with Crippen LogP contribution in [0.4, 0.5) is 0 Å². The van der Waals surface area contributed by atoms with Gasteiger partial charge < -0.3 is 10.1 Å². The second-order valence-electron chi connectivity index (χ2n) is 8.42. The number of methoxy groups -OCH3 is 1. The predicted molar refractivity (Wildman–Crippen MR) is 118 cm³/mol. The first kappa shape index (κ1) is 21.0. The van der Waals surface area contributed by atoms with Crippen LogP contribution in [-0.2, 0) is 16.1 Å². The van der Waals surface area contributed by atoms with Crippen molar-refractivity contribution < 1.29 is 14.3 Å². The van der Waals surface area contributed by atoms with Crippen molar-refractivity contribution in [2.45, 2.75) is 58.0 Å². The number of hydrogen-bond donors (Lipinski definition) is 1. The number of nitrogens with one attached hydrogen (secondary N) is 1. The zero-order valence-corrected chi connectivity index (χ0v) is 18.3. The standard InChI is InChI=1S/C24H28N4O3/c1-16-7-9-18(10-8-16)15-28-21-20(14-25-28)19(13-17(2)26-21)22(29)27-24(23(30)31-3)11-5-4-6-12-24/h7-10,13-14H,4-6,11-12,15H2,1-3H3,(H,27,29). The van der Waals surface area contributed by atoms with Crippen LogP contribution in [0.2, 0.25) is 0 Å². The summed E-state index contributed by atoms with van der Waals surface area (Å²) in [7, 11) is 1.37. The van der Waals surface area contributed by atoms with Crippen molar-refractivity contribution >= 4 is 22.9 Å². The van der Waals surface area contributed by atoms with Crippen molar-refractivity contribution in [1.82, 2.24) is 20.1 Å². The smallest absolute Gasteiger partial charge is 0.331 e. The normalized spacial score (nSPS) is 15.6. The molecule has 2 heterocycles. The van der Waals surface area contributed by atoms with E-state index in [0.717, 1.165) is 30.5 Å². The topological polar surface area (TPSA) is 86.1 Å².